The minimum absolute atomic E-state index is 0.699. The zero-order valence-corrected chi connectivity index (χ0v) is 8.25. The van der Waals surface area contributed by atoms with Crippen LogP contribution in [0.2, 0.25) is 0 Å². The zero-order chi connectivity index (χ0) is 9.80. The number of hydrogen-bond donors (Lipinski definition) is 1. The van der Waals surface area contributed by atoms with E-state index in [9.17, 15) is 0 Å². The SMILES string of the molecule is S=c1ccc(Oc2ccccc2)c[nH]1. The highest BCUT2D eigenvalue weighted by molar-refractivity contribution is 7.71. The summed E-state index contributed by atoms with van der Waals surface area (Å²) in [4.78, 5) is 2.91. The van der Waals surface area contributed by atoms with Crippen molar-refractivity contribution in [2.45, 2.75) is 0 Å². The van der Waals surface area contributed by atoms with Gasteiger partial charge < -0.3 is 9.72 Å². The topological polar surface area (TPSA) is 25.0 Å². The van der Waals surface area contributed by atoms with Gasteiger partial charge in [0.1, 0.15) is 16.1 Å². The Balaban J connectivity index is 2.19. The van der Waals surface area contributed by atoms with Crippen molar-refractivity contribution in [3.05, 3.63) is 53.3 Å². The molecule has 0 bridgehead atoms. The largest absolute Gasteiger partial charge is 0.456 e. The van der Waals surface area contributed by atoms with Crippen LogP contribution in [0, 0.1) is 4.64 Å². The fraction of sp³-hybridized carbons (Fsp3) is 0. The van der Waals surface area contributed by atoms with Crippen molar-refractivity contribution in [2.24, 2.45) is 0 Å². The van der Waals surface area contributed by atoms with E-state index in [2.05, 4.69) is 4.98 Å². The van der Waals surface area contributed by atoms with Gasteiger partial charge >= 0.3 is 0 Å². The highest BCUT2D eigenvalue weighted by Gasteiger charge is 1.93. The summed E-state index contributed by atoms with van der Waals surface area (Å²) in [7, 11) is 0. The Kier molecular flexibility index (Phi) is 2.60. The average molecular weight is 203 g/mol. The monoisotopic (exact) mass is 203 g/mol. The molecule has 0 fully saturated rings. The molecule has 1 heterocycles. The molecule has 3 heteroatoms. The Morgan fingerprint density at radius 3 is 2.36 bits per heavy atom. The van der Waals surface area contributed by atoms with E-state index in [1.54, 1.807) is 12.3 Å². The lowest BCUT2D eigenvalue weighted by Gasteiger charge is -2.03. The molecule has 0 saturated heterocycles. The van der Waals surface area contributed by atoms with E-state index in [1.165, 1.54) is 0 Å². The summed E-state index contributed by atoms with van der Waals surface area (Å²) in [5.41, 5.74) is 0. The third kappa shape index (κ3) is 2.20. The maximum atomic E-state index is 5.56. The van der Waals surface area contributed by atoms with Crippen LogP contribution in [0.5, 0.6) is 11.5 Å². The molecule has 14 heavy (non-hydrogen) atoms. The van der Waals surface area contributed by atoms with Crippen molar-refractivity contribution >= 4 is 12.2 Å². The number of hydrogen-bond acceptors (Lipinski definition) is 2. The molecule has 1 aromatic carbocycles. The van der Waals surface area contributed by atoms with Gasteiger partial charge in [0, 0.05) is 6.20 Å². The number of pyridine rings is 1. The fourth-order valence-corrected chi connectivity index (χ4v) is 1.21. The average Bonchev–Trinajstić information content (AvgIpc) is 2.23. The van der Waals surface area contributed by atoms with Crippen molar-refractivity contribution < 1.29 is 4.74 Å². The second-order valence-corrected chi connectivity index (χ2v) is 3.24. The fourth-order valence-electron chi connectivity index (χ4n) is 1.08. The molecule has 0 unspecified atom stereocenters. The zero-order valence-electron chi connectivity index (χ0n) is 7.44. The lowest BCUT2D eigenvalue weighted by molar-refractivity contribution is 0.480. The van der Waals surface area contributed by atoms with Crippen molar-refractivity contribution in [2.75, 3.05) is 0 Å². The maximum Gasteiger partial charge on any atom is 0.143 e. The summed E-state index contributed by atoms with van der Waals surface area (Å²) in [5, 5.41) is 0. The first kappa shape index (κ1) is 8.97. The normalized spacial score (nSPS) is 9.71. The molecule has 1 N–H and O–H groups in total. The molecular weight excluding hydrogens is 194 g/mol. The predicted molar refractivity (Wildman–Crippen MR) is 58.1 cm³/mol. The van der Waals surface area contributed by atoms with Crippen molar-refractivity contribution in [1.29, 1.82) is 0 Å². The summed E-state index contributed by atoms with van der Waals surface area (Å²) >= 11 is 4.93. The Labute approximate surface area is 87.2 Å². The molecular formula is C11H9NOS. The first-order chi connectivity index (χ1) is 6.84. The van der Waals surface area contributed by atoms with Gasteiger partial charge in [-0.2, -0.15) is 0 Å². The van der Waals surface area contributed by atoms with E-state index in [0.29, 0.717) is 4.64 Å². The van der Waals surface area contributed by atoms with Gasteiger partial charge in [0.15, 0.2) is 0 Å². The minimum Gasteiger partial charge on any atom is -0.456 e. The molecule has 0 aliphatic rings. The van der Waals surface area contributed by atoms with Gasteiger partial charge in [-0.25, -0.2) is 0 Å². The smallest absolute Gasteiger partial charge is 0.143 e. The summed E-state index contributed by atoms with van der Waals surface area (Å²) in [6, 6.07) is 13.3. The third-order valence-corrected chi connectivity index (χ3v) is 1.99. The quantitative estimate of drug-likeness (QED) is 0.755. The van der Waals surface area contributed by atoms with E-state index in [-0.39, 0.29) is 0 Å². The van der Waals surface area contributed by atoms with E-state index in [4.69, 9.17) is 17.0 Å². The van der Waals surface area contributed by atoms with Crippen molar-refractivity contribution in [1.82, 2.24) is 4.98 Å². The number of nitrogens with one attached hydrogen (secondary N) is 1. The number of para-hydroxylation sites is 1. The number of ether oxygens (including phenoxy) is 1. The Bertz CT molecular complexity index is 444. The Morgan fingerprint density at radius 2 is 1.71 bits per heavy atom. The first-order valence-corrected chi connectivity index (χ1v) is 4.67. The van der Waals surface area contributed by atoms with Gasteiger partial charge in [-0.1, -0.05) is 30.4 Å². The van der Waals surface area contributed by atoms with Crippen LogP contribution < -0.4 is 4.74 Å². The van der Waals surface area contributed by atoms with Crippen LogP contribution in [-0.2, 0) is 0 Å². The first-order valence-electron chi connectivity index (χ1n) is 4.26. The molecule has 2 aromatic rings. The molecule has 0 radical (unpaired) electrons. The number of aromatic amines is 1. The Hall–Kier alpha value is -1.61. The van der Waals surface area contributed by atoms with Crippen LogP contribution in [-0.4, -0.2) is 4.98 Å². The third-order valence-electron chi connectivity index (χ3n) is 1.73. The predicted octanol–water partition coefficient (Wildman–Crippen LogP) is 3.54. The molecule has 1 aromatic heterocycles. The van der Waals surface area contributed by atoms with Crippen LogP contribution in [0.1, 0.15) is 0 Å². The number of benzene rings is 1. The van der Waals surface area contributed by atoms with Gasteiger partial charge in [-0.15, -0.1) is 0 Å². The van der Waals surface area contributed by atoms with Crippen LogP contribution in [0.3, 0.4) is 0 Å². The summed E-state index contributed by atoms with van der Waals surface area (Å²) in [5.74, 6) is 1.57. The lowest BCUT2D eigenvalue weighted by Crippen LogP contribution is -1.84. The van der Waals surface area contributed by atoms with Gasteiger partial charge in [-0.05, 0) is 24.3 Å². The molecule has 0 saturated carbocycles. The van der Waals surface area contributed by atoms with Crippen LogP contribution in [0.25, 0.3) is 0 Å². The van der Waals surface area contributed by atoms with Gasteiger partial charge in [0.2, 0.25) is 0 Å². The van der Waals surface area contributed by atoms with Crippen LogP contribution in [0.4, 0.5) is 0 Å². The number of aromatic nitrogens is 1. The second kappa shape index (κ2) is 4.07. The minimum atomic E-state index is 0.699. The van der Waals surface area contributed by atoms with Gasteiger partial charge in [-0.3, -0.25) is 0 Å². The highest BCUT2D eigenvalue weighted by atomic mass is 32.1. The highest BCUT2D eigenvalue weighted by Crippen LogP contribution is 2.18. The standard InChI is InChI=1S/C11H9NOS/c14-11-7-6-10(8-12-11)13-9-4-2-1-3-5-9/h1-8H,(H,12,14). The van der Waals surface area contributed by atoms with Gasteiger partial charge in [0.05, 0.1) is 0 Å². The molecule has 0 aliphatic carbocycles. The maximum absolute atomic E-state index is 5.56. The molecule has 2 nitrogen and oxygen atoms in total. The van der Waals surface area contributed by atoms with Crippen LogP contribution >= 0.6 is 12.2 Å². The van der Waals surface area contributed by atoms with Crippen molar-refractivity contribution in [3.63, 3.8) is 0 Å². The number of H-pyrrole nitrogens is 1. The van der Waals surface area contributed by atoms with E-state index in [0.717, 1.165) is 11.5 Å². The van der Waals surface area contributed by atoms with E-state index < -0.39 is 0 Å². The summed E-state index contributed by atoms with van der Waals surface area (Å²) in [6.45, 7) is 0. The Morgan fingerprint density at radius 1 is 0.929 bits per heavy atom. The van der Waals surface area contributed by atoms with Crippen LogP contribution in [0.15, 0.2) is 48.7 Å². The molecule has 70 valence electrons. The molecule has 2 rings (SSSR count). The van der Waals surface area contributed by atoms with Gasteiger partial charge in [0.25, 0.3) is 0 Å². The summed E-state index contributed by atoms with van der Waals surface area (Å²) < 4.78 is 6.26. The van der Waals surface area contributed by atoms with E-state index >= 15 is 0 Å². The molecule has 0 aliphatic heterocycles. The number of rotatable bonds is 2. The summed E-state index contributed by atoms with van der Waals surface area (Å²) in [6.07, 6.45) is 1.75. The van der Waals surface area contributed by atoms with E-state index in [1.807, 2.05) is 36.4 Å². The second-order valence-electron chi connectivity index (χ2n) is 2.80. The van der Waals surface area contributed by atoms with Crippen molar-refractivity contribution in [3.8, 4) is 11.5 Å². The lowest BCUT2D eigenvalue weighted by atomic mass is 10.3. The molecule has 0 spiro atoms. The molecule has 0 atom stereocenters. The molecule has 0 amide bonds.